The predicted molar refractivity (Wildman–Crippen MR) is 70.9 cm³/mol. The SMILES string of the molecule is NC(c1sccc1Cl)C1COc2ccccc21. The number of thiophene rings is 1. The van der Waals surface area contributed by atoms with E-state index in [1.165, 1.54) is 5.56 Å². The summed E-state index contributed by atoms with van der Waals surface area (Å²) in [5, 5.41) is 2.73. The van der Waals surface area contributed by atoms with Crippen LogP contribution in [-0.2, 0) is 0 Å². The van der Waals surface area contributed by atoms with E-state index >= 15 is 0 Å². The first-order valence-electron chi connectivity index (χ1n) is 5.47. The van der Waals surface area contributed by atoms with Gasteiger partial charge in [0.1, 0.15) is 5.75 Å². The molecule has 1 aromatic carbocycles. The topological polar surface area (TPSA) is 35.2 Å². The Balaban J connectivity index is 1.95. The van der Waals surface area contributed by atoms with E-state index in [2.05, 4.69) is 6.07 Å². The molecule has 0 amide bonds. The van der Waals surface area contributed by atoms with Crippen LogP contribution in [0.5, 0.6) is 5.75 Å². The third-order valence-electron chi connectivity index (χ3n) is 3.12. The Labute approximate surface area is 109 Å². The van der Waals surface area contributed by atoms with Crippen molar-refractivity contribution >= 4 is 22.9 Å². The van der Waals surface area contributed by atoms with Crippen LogP contribution in [0.3, 0.4) is 0 Å². The van der Waals surface area contributed by atoms with Crippen molar-refractivity contribution in [1.82, 2.24) is 0 Å². The van der Waals surface area contributed by atoms with Gasteiger partial charge in [0, 0.05) is 16.4 Å². The largest absolute Gasteiger partial charge is 0.493 e. The Morgan fingerprint density at radius 1 is 1.35 bits per heavy atom. The molecule has 0 radical (unpaired) electrons. The summed E-state index contributed by atoms with van der Waals surface area (Å²) in [5.74, 6) is 1.14. The van der Waals surface area contributed by atoms with E-state index in [0.717, 1.165) is 15.6 Å². The van der Waals surface area contributed by atoms with Crippen LogP contribution in [0.1, 0.15) is 22.4 Å². The fourth-order valence-corrected chi connectivity index (χ4v) is 3.46. The van der Waals surface area contributed by atoms with Crippen molar-refractivity contribution in [2.24, 2.45) is 5.73 Å². The summed E-state index contributed by atoms with van der Waals surface area (Å²) in [5.41, 5.74) is 7.49. The summed E-state index contributed by atoms with van der Waals surface area (Å²) in [7, 11) is 0. The average Bonchev–Trinajstić information content (AvgIpc) is 2.94. The molecule has 0 fully saturated rings. The second-order valence-corrected chi connectivity index (χ2v) is 5.47. The van der Waals surface area contributed by atoms with Crippen molar-refractivity contribution in [3.63, 3.8) is 0 Å². The van der Waals surface area contributed by atoms with Gasteiger partial charge in [0.2, 0.25) is 0 Å². The van der Waals surface area contributed by atoms with Crippen LogP contribution in [0, 0.1) is 0 Å². The van der Waals surface area contributed by atoms with Crippen molar-refractivity contribution in [2.45, 2.75) is 12.0 Å². The van der Waals surface area contributed by atoms with Gasteiger partial charge in [-0.25, -0.2) is 0 Å². The first-order chi connectivity index (χ1) is 8.27. The molecule has 2 unspecified atom stereocenters. The molecule has 88 valence electrons. The van der Waals surface area contributed by atoms with Crippen LogP contribution >= 0.6 is 22.9 Å². The minimum Gasteiger partial charge on any atom is -0.493 e. The molecule has 0 bridgehead atoms. The second kappa shape index (κ2) is 4.33. The van der Waals surface area contributed by atoms with E-state index in [0.29, 0.717) is 6.61 Å². The van der Waals surface area contributed by atoms with Crippen LogP contribution < -0.4 is 10.5 Å². The van der Waals surface area contributed by atoms with Gasteiger partial charge in [0.15, 0.2) is 0 Å². The molecular weight excluding hydrogens is 254 g/mol. The van der Waals surface area contributed by atoms with Crippen LogP contribution in [0.15, 0.2) is 35.7 Å². The number of hydrogen-bond acceptors (Lipinski definition) is 3. The lowest BCUT2D eigenvalue weighted by Crippen LogP contribution is -2.20. The maximum absolute atomic E-state index is 6.31. The Morgan fingerprint density at radius 2 is 2.18 bits per heavy atom. The minimum atomic E-state index is -0.0915. The number of nitrogens with two attached hydrogens (primary N) is 1. The van der Waals surface area contributed by atoms with Gasteiger partial charge in [-0.05, 0) is 17.5 Å². The van der Waals surface area contributed by atoms with Gasteiger partial charge in [-0.2, -0.15) is 0 Å². The summed E-state index contributed by atoms with van der Waals surface area (Å²) >= 11 is 7.74. The van der Waals surface area contributed by atoms with Gasteiger partial charge in [0.25, 0.3) is 0 Å². The highest BCUT2D eigenvalue weighted by molar-refractivity contribution is 7.10. The molecule has 0 saturated heterocycles. The molecule has 1 aliphatic rings. The van der Waals surface area contributed by atoms with Crippen molar-refractivity contribution in [3.8, 4) is 5.75 Å². The summed E-state index contributed by atoms with van der Waals surface area (Å²) in [6.07, 6.45) is 0. The first-order valence-corrected chi connectivity index (χ1v) is 6.73. The van der Waals surface area contributed by atoms with Crippen molar-refractivity contribution < 1.29 is 4.74 Å². The smallest absolute Gasteiger partial charge is 0.122 e. The first kappa shape index (κ1) is 11.1. The molecule has 2 N–H and O–H groups in total. The number of ether oxygens (including phenoxy) is 1. The van der Waals surface area contributed by atoms with E-state index in [-0.39, 0.29) is 12.0 Å². The Bertz CT molecular complexity index is 540. The standard InChI is InChI=1S/C13H12ClNOS/c14-10-5-6-17-13(10)12(15)9-7-16-11-4-2-1-3-8(9)11/h1-6,9,12H,7,15H2. The molecule has 1 aromatic heterocycles. The van der Waals surface area contributed by atoms with E-state index in [9.17, 15) is 0 Å². The molecule has 2 aromatic rings. The highest BCUT2D eigenvalue weighted by Crippen LogP contribution is 2.42. The van der Waals surface area contributed by atoms with Crippen molar-refractivity contribution in [3.05, 3.63) is 51.2 Å². The summed E-state index contributed by atoms with van der Waals surface area (Å²) in [4.78, 5) is 1.04. The second-order valence-electron chi connectivity index (χ2n) is 4.11. The third-order valence-corrected chi connectivity index (χ3v) is 4.58. The summed E-state index contributed by atoms with van der Waals surface area (Å²) in [6, 6.07) is 9.86. The zero-order valence-corrected chi connectivity index (χ0v) is 10.7. The number of benzene rings is 1. The maximum atomic E-state index is 6.31. The lowest BCUT2D eigenvalue weighted by molar-refractivity contribution is 0.316. The van der Waals surface area contributed by atoms with E-state index in [4.69, 9.17) is 22.1 Å². The van der Waals surface area contributed by atoms with Gasteiger partial charge >= 0.3 is 0 Å². The molecular formula is C13H12ClNOS. The third kappa shape index (κ3) is 1.84. The van der Waals surface area contributed by atoms with E-state index in [1.807, 2.05) is 29.6 Å². The molecule has 0 spiro atoms. The predicted octanol–water partition coefficient (Wildman–Crippen LogP) is 3.58. The fraction of sp³-hybridized carbons (Fsp3) is 0.231. The molecule has 17 heavy (non-hydrogen) atoms. The zero-order valence-electron chi connectivity index (χ0n) is 9.10. The van der Waals surface area contributed by atoms with Crippen molar-refractivity contribution in [2.75, 3.05) is 6.61 Å². The molecule has 2 nitrogen and oxygen atoms in total. The molecule has 2 atom stereocenters. The Hall–Kier alpha value is -1.03. The number of halogens is 1. The molecule has 3 rings (SSSR count). The average molecular weight is 266 g/mol. The van der Waals surface area contributed by atoms with Crippen LogP contribution in [-0.4, -0.2) is 6.61 Å². The van der Waals surface area contributed by atoms with Crippen LogP contribution in [0.2, 0.25) is 5.02 Å². The highest BCUT2D eigenvalue weighted by atomic mass is 35.5. The summed E-state index contributed by atoms with van der Waals surface area (Å²) in [6.45, 7) is 0.634. The van der Waals surface area contributed by atoms with Gasteiger partial charge in [-0.3, -0.25) is 0 Å². The van der Waals surface area contributed by atoms with E-state index < -0.39 is 0 Å². The monoisotopic (exact) mass is 265 g/mol. The quantitative estimate of drug-likeness (QED) is 0.901. The Morgan fingerprint density at radius 3 is 2.94 bits per heavy atom. The fourth-order valence-electron chi connectivity index (χ4n) is 2.21. The summed E-state index contributed by atoms with van der Waals surface area (Å²) < 4.78 is 5.65. The number of hydrogen-bond donors (Lipinski definition) is 1. The minimum absolute atomic E-state index is 0.0915. The lowest BCUT2D eigenvalue weighted by atomic mass is 9.93. The lowest BCUT2D eigenvalue weighted by Gasteiger charge is -2.17. The molecule has 0 saturated carbocycles. The maximum Gasteiger partial charge on any atom is 0.122 e. The molecule has 2 heterocycles. The zero-order chi connectivity index (χ0) is 11.8. The van der Waals surface area contributed by atoms with Crippen LogP contribution in [0.25, 0.3) is 0 Å². The molecule has 0 aliphatic carbocycles. The van der Waals surface area contributed by atoms with Gasteiger partial charge < -0.3 is 10.5 Å². The molecule has 1 aliphatic heterocycles. The van der Waals surface area contributed by atoms with Gasteiger partial charge in [-0.15, -0.1) is 11.3 Å². The van der Waals surface area contributed by atoms with Gasteiger partial charge in [0.05, 0.1) is 17.7 Å². The highest BCUT2D eigenvalue weighted by Gasteiger charge is 2.31. The normalized spacial score (nSPS) is 19.8. The number of fused-ring (bicyclic) bond motifs is 1. The van der Waals surface area contributed by atoms with Crippen LogP contribution in [0.4, 0.5) is 0 Å². The van der Waals surface area contributed by atoms with Gasteiger partial charge in [-0.1, -0.05) is 29.8 Å². The Kier molecular flexibility index (Phi) is 2.82. The molecule has 4 heteroatoms. The van der Waals surface area contributed by atoms with E-state index in [1.54, 1.807) is 11.3 Å². The number of para-hydroxylation sites is 1. The number of rotatable bonds is 2. The van der Waals surface area contributed by atoms with Crippen molar-refractivity contribution in [1.29, 1.82) is 0 Å².